The Balaban J connectivity index is 2.11. The summed E-state index contributed by atoms with van der Waals surface area (Å²) in [7, 11) is 0. The third kappa shape index (κ3) is 3.12. The second-order valence-electron chi connectivity index (χ2n) is 4.41. The van der Waals surface area contributed by atoms with Crippen molar-refractivity contribution in [1.29, 1.82) is 0 Å². The van der Waals surface area contributed by atoms with Gasteiger partial charge in [0.2, 0.25) is 0 Å². The van der Waals surface area contributed by atoms with Crippen molar-refractivity contribution in [2.45, 2.75) is 0 Å². The molecule has 0 unspecified atom stereocenters. The van der Waals surface area contributed by atoms with E-state index < -0.39 is 0 Å². The number of β-amino-alcohol motifs (C(OH)–C–C–N with tert-alkyl or cyclic N) is 1. The third-order valence-electron chi connectivity index (χ3n) is 3.26. The fraction of sp³-hybridized carbons (Fsp3) is 0.500. The summed E-state index contributed by atoms with van der Waals surface area (Å²) < 4.78 is 0. The number of piperazine rings is 1. The molecular formula is C12H19N5O2. The van der Waals surface area contributed by atoms with Gasteiger partial charge in [-0.3, -0.25) is 4.90 Å². The first-order chi connectivity index (χ1) is 9.26. The Kier molecular flexibility index (Phi) is 4.53. The van der Waals surface area contributed by atoms with Crippen molar-refractivity contribution in [2.24, 2.45) is 10.9 Å². The van der Waals surface area contributed by atoms with Crippen LogP contribution in [0.15, 0.2) is 23.5 Å². The summed E-state index contributed by atoms with van der Waals surface area (Å²) >= 11 is 0. The molecule has 0 saturated carbocycles. The predicted molar refractivity (Wildman–Crippen MR) is 72.5 cm³/mol. The summed E-state index contributed by atoms with van der Waals surface area (Å²) in [5.74, 6) is 0.808. The molecule has 7 heteroatoms. The van der Waals surface area contributed by atoms with Crippen LogP contribution in [0.5, 0.6) is 0 Å². The Labute approximate surface area is 111 Å². The van der Waals surface area contributed by atoms with Gasteiger partial charge in [-0.05, 0) is 12.1 Å². The highest BCUT2D eigenvalue weighted by Gasteiger charge is 2.20. The molecule has 1 aromatic rings. The quantitative estimate of drug-likeness (QED) is 0.288. The van der Waals surface area contributed by atoms with Crippen molar-refractivity contribution in [3.05, 3.63) is 23.9 Å². The Bertz CT molecular complexity index is 444. The molecule has 1 fully saturated rings. The Morgan fingerprint density at radius 2 is 2.11 bits per heavy atom. The van der Waals surface area contributed by atoms with Gasteiger partial charge in [0.15, 0.2) is 5.84 Å². The predicted octanol–water partition coefficient (Wildman–Crippen LogP) is -0.710. The topological polar surface area (TPSA) is 98.2 Å². The molecule has 1 aliphatic rings. The van der Waals surface area contributed by atoms with E-state index in [9.17, 15) is 0 Å². The number of anilines is 1. The van der Waals surface area contributed by atoms with Crippen molar-refractivity contribution in [2.75, 3.05) is 44.2 Å². The fourth-order valence-electron chi connectivity index (χ4n) is 2.23. The van der Waals surface area contributed by atoms with Crippen LogP contribution in [-0.2, 0) is 0 Å². The lowest BCUT2D eigenvalue weighted by Gasteiger charge is -2.35. The molecule has 2 rings (SSSR count). The van der Waals surface area contributed by atoms with Crippen LogP contribution in [0, 0.1) is 0 Å². The van der Waals surface area contributed by atoms with E-state index >= 15 is 0 Å². The lowest BCUT2D eigenvalue weighted by molar-refractivity contribution is 0.188. The Morgan fingerprint density at radius 1 is 1.37 bits per heavy atom. The van der Waals surface area contributed by atoms with Gasteiger partial charge in [0.1, 0.15) is 5.82 Å². The zero-order chi connectivity index (χ0) is 13.7. The van der Waals surface area contributed by atoms with Crippen LogP contribution in [0.4, 0.5) is 5.82 Å². The summed E-state index contributed by atoms with van der Waals surface area (Å²) in [6.45, 7) is 4.23. The van der Waals surface area contributed by atoms with E-state index in [0.717, 1.165) is 32.0 Å². The minimum Gasteiger partial charge on any atom is -0.409 e. The molecule has 104 valence electrons. The number of aliphatic hydroxyl groups excluding tert-OH is 1. The average Bonchev–Trinajstić information content (AvgIpc) is 2.47. The monoisotopic (exact) mass is 265 g/mol. The maximum absolute atomic E-state index is 8.92. The van der Waals surface area contributed by atoms with E-state index in [1.807, 2.05) is 0 Å². The number of nitrogens with two attached hydrogens (primary N) is 1. The standard InChI is InChI=1S/C12H19N5O2/c13-11(15-19)10-2-1-3-14-12(10)17-6-4-16(5-7-17)8-9-18/h1-3,18-19H,4-9H2,(H2,13,15). The molecule has 0 radical (unpaired) electrons. The van der Waals surface area contributed by atoms with Gasteiger partial charge in [-0.2, -0.15) is 0 Å². The second kappa shape index (κ2) is 6.35. The number of aromatic nitrogens is 1. The van der Waals surface area contributed by atoms with Crippen LogP contribution in [0.25, 0.3) is 0 Å². The number of amidine groups is 1. The van der Waals surface area contributed by atoms with Crippen molar-refractivity contribution in [3.8, 4) is 0 Å². The minimum absolute atomic E-state index is 0.0703. The van der Waals surface area contributed by atoms with E-state index in [4.69, 9.17) is 16.0 Å². The van der Waals surface area contributed by atoms with E-state index in [1.54, 1.807) is 18.3 Å². The number of aliphatic hydroxyl groups is 1. The number of rotatable bonds is 4. The highest BCUT2D eigenvalue weighted by Crippen LogP contribution is 2.18. The van der Waals surface area contributed by atoms with Crippen molar-refractivity contribution in [3.63, 3.8) is 0 Å². The van der Waals surface area contributed by atoms with Gasteiger partial charge in [0, 0.05) is 38.9 Å². The fourth-order valence-corrected chi connectivity index (χ4v) is 2.23. The van der Waals surface area contributed by atoms with Crippen molar-refractivity contribution >= 4 is 11.7 Å². The largest absolute Gasteiger partial charge is 0.409 e. The summed E-state index contributed by atoms with van der Waals surface area (Å²) in [6, 6.07) is 3.55. The molecule has 1 aliphatic heterocycles. The summed E-state index contributed by atoms with van der Waals surface area (Å²) in [5, 5.41) is 20.8. The second-order valence-corrected chi connectivity index (χ2v) is 4.41. The highest BCUT2D eigenvalue weighted by atomic mass is 16.4. The van der Waals surface area contributed by atoms with Crippen LogP contribution in [0.2, 0.25) is 0 Å². The maximum Gasteiger partial charge on any atom is 0.173 e. The van der Waals surface area contributed by atoms with Crippen LogP contribution >= 0.6 is 0 Å². The molecule has 0 aromatic carbocycles. The molecule has 0 atom stereocenters. The van der Waals surface area contributed by atoms with Gasteiger partial charge in [0.25, 0.3) is 0 Å². The van der Waals surface area contributed by atoms with Gasteiger partial charge in [-0.15, -0.1) is 0 Å². The smallest absolute Gasteiger partial charge is 0.173 e. The number of pyridine rings is 1. The molecule has 0 bridgehead atoms. The van der Waals surface area contributed by atoms with Crippen LogP contribution < -0.4 is 10.6 Å². The zero-order valence-corrected chi connectivity index (χ0v) is 10.7. The van der Waals surface area contributed by atoms with E-state index in [1.165, 1.54) is 0 Å². The first-order valence-corrected chi connectivity index (χ1v) is 6.27. The summed E-state index contributed by atoms with van der Waals surface area (Å²) in [4.78, 5) is 8.64. The molecular weight excluding hydrogens is 246 g/mol. The molecule has 7 nitrogen and oxygen atoms in total. The molecule has 1 saturated heterocycles. The summed E-state index contributed by atoms with van der Waals surface area (Å²) in [6.07, 6.45) is 1.70. The molecule has 2 heterocycles. The van der Waals surface area contributed by atoms with Crippen LogP contribution in [0.3, 0.4) is 0 Å². The van der Waals surface area contributed by atoms with Gasteiger partial charge in [-0.25, -0.2) is 4.98 Å². The van der Waals surface area contributed by atoms with Crippen LogP contribution in [0.1, 0.15) is 5.56 Å². The number of hydrogen-bond acceptors (Lipinski definition) is 6. The number of nitrogens with zero attached hydrogens (tertiary/aromatic N) is 4. The minimum atomic E-state index is 0.0703. The van der Waals surface area contributed by atoms with E-state index in [0.29, 0.717) is 12.1 Å². The number of oxime groups is 1. The van der Waals surface area contributed by atoms with E-state index in [2.05, 4.69) is 19.9 Å². The maximum atomic E-state index is 8.92. The first-order valence-electron chi connectivity index (χ1n) is 6.27. The normalized spacial score (nSPS) is 17.7. The van der Waals surface area contributed by atoms with Crippen molar-refractivity contribution < 1.29 is 10.3 Å². The lowest BCUT2D eigenvalue weighted by atomic mass is 10.2. The molecule has 0 amide bonds. The number of hydrogen-bond donors (Lipinski definition) is 3. The molecule has 19 heavy (non-hydrogen) atoms. The Hall–Kier alpha value is -1.86. The van der Waals surface area contributed by atoms with Gasteiger partial charge >= 0.3 is 0 Å². The SMILES string of the molecule is N/C(=N\O)c1cccnc1N1CCN(CCO)CC1. The molecule has 0 aliphatic carbocycles. The first kappa shape index (κ1) is 13.6. The zero-order valence-electron chi connectivity index (χ0n) is 10.7. The summed E-state index contributed by atoms with van der Waals surface area (Å²) in [5.41, 5.74) is 6.31. The molecule has 4 N–H and O–H groups in total. The van der Waals surface area contributed by atoms with Crippen LogP contribution in [-0.4, -0.2) is 65.4 Å². The van der Waals surface area contributed by atoms with Gasteiger partial charge in [0.05, 0.1) is 12.2 Å². The highest BCUT2D eigenvalue weighted by molar-refractivity contribution is 6.01. The third-order valence-corrected chi connectivity index (χ3v) is 3.26. The molecule has 1 aromatic heterocycles. The van der Waals surface area contributed by atoms with E-state index in [-0.39, 0.29) is 12.4 Å². The van der Waals surface area contributed by atoms with Gasteiger partial charge < -0.3 is 20.9 Å². The average molecular weight is 265 g/mol. The van der Waals surface area contributed by atoms with Gasteiger partial charge in [-0.1, -0.05) is 5.16 Å². The Morgan fingerprint density at radius 3 is 2.74 bits per heavy atom. The molecule has 0 spiro atoms. The van der Waals surface area contributed by atoms with Crippen molar-refractivity contribution in [1.82, 2.24) is 9.88 Å². The lowest BCUT2D eigenvalue weighted by Crippen LogP contribution is -2.48.